The molecule has 0 radical (unpaired) electrons. The number of rotatable bonds is 7. The average Bonchev–Trinajstić information content (AvgIpc) is 3.14. The van der Waals surface area contributed by atoms with E-state index in [9.17, 15) is 9.59 Å². The van der Waals surface area contributed by atoms with Crippen LogP contribution in [0.3, 0.4) is 0 Å². The maximum Gasteiger partial charge on any atom is 0.260 e. The molecule has 0 atom stereocenters. The molecule has 152 valence electrons. The van der Waals surface area contributed by atoms with Crippen LogP contribution in [0, 0.1) is 6.92 Å². The van der Waals surface area contributed by atoms with E-state index in [2.05, 4.69) is 14.1 Å². The molecule has 0 aliphatic carbocycles. The summed E-state index contributed by atoms with van der Waals surface area (Å²) in [7, 11) is 5.73. The molecule has 0 unspecified atom stereocenters. The molecule has 1 N–H and O–H groups in total. The van der Waals surface area contributed by atoms with E-state index < -0.39 is 0 Å². The zero-order valence-electron chi connectivity index (χ0n) is 17.4. The molecule has 29 heavy (non-hydrogen) atoms. The van der Waals surface area contributed by atoms with E-state index in [0.717, 1.165) is 22.3 Å². The summed E-state index contributed by atoms with van der Waals surface area (Å²) in [6.07, 6.45) is 0. The normalized spacial score (nSPS) is 11.1. The number of ketones is 1. The van der Waals surface area contributed by atoms with E-state index in [1.807, 2.05) is 19.1 Å². The molecule has 1 aromatic heterocycles. The van der Waals surface area contributed by atoms with Gasteiger partial charge < -0.3 is 9.64 Å². The van der Waals surface area contributed by atoms with E-state index in [1.54, 1.807) is 36.3 Å². The largest absolute Gasteiger partial charge is 0.494 e. The quantitative estimate of drug-likeness (QED) is 0.606. The van der Waals surface area contributed by atoms with Gasteiger partial charge in [-0.1, -0.05) is 29.5 Å². The average molecular weight is 413 g/mol. The van der Waals surface area contributed by atoms with Gasteiger partial charge >= 0.3 is 0 Å². The number of aryl methyl sites for hydroxylation is 1. The smallest absolute Gasteiger partial charge is 0.260 e. The molecule has 7 heteroatoms. The van der Waals surface area contributed by atoms with Crippen LogP contribution in [0.15, 0.2) is 36.4 Å². The highest BCUT2D eigenvalue weighted by molar-refractivity contribution is 7.22. The van der Waals surface area contributed by atoms with Crippen LogP contribution in [-0.4, -0.2) is 51.0 Å². The van der Waals surface area contributed by atoms with Crippen LogP contribution in [0.4, 0.5) is 5.13 Å². The second-order valence-corrected chi connectivity index (χ2v) is 8.28. The molecular formula is C22H26N3O3S+. The van der Waals surface area contributed by atoms with Gasteiger partial charge in [0.05, 0.1) is 39.0 Å². The number of anilines is 1. The Hall–Kier alpha value is -2.77. The van der Waals surface area contributed by atoms with Gasteiger partial charge in [-0.25, -0.2) is 4.98 Å². The fourth-order valence-electron chi connectivity index (χ4n) is 3.00. The molecule has 0 saturated heterocycles. The molecule has 0 aliphatic rings. The Morgan fingerprint density at radius 1 is 1.10 bits per heavy atom. The number of methoxy groups -OCH3 is 1. The Labute approximate surface area is 174 Å². The number of aromatic nitrogens is 1. The van der Waals surface area contributed by atoms with Crippen molar-refractivity contribution in [2.24, 2.45) is 0 Å². The maximum atomic E-state index is 13.3. The number of fused-ring (bicyclic) bond motifs is 1. The monoisotopic (exact) mass is 412 g/mol. The van der Waals surface area contributed by atoms with E-state index in [0.29, 0.717) is 28.6 Å². The number of hydrogen-bond acceptors (Lipinski definition) is 5. The molecule has 0 fully saturated rings. The molecule has 3 aromatic rings. The van der Waals surface area contributed by atoms with Gasteiger partial charge in [-0.15, -0.1) is 0 Å². The number of quaternary nitrogens is 1. The molecule has 0 spiro atoms. The van der Waals surface area contributed by atoms with Crippen LogP contribution in [-0.2, 0) is 0 Å². The number of ether oxygens (including phenoxy) is 1. The summed E-state index contributed by atoms with van der Waals surface area (Å²) >= 11 is 1.49. The van der Waals surface area contributed by atoms with E-state index in [-0.39, 0.29) is 11.7 Å². The summed E-state index contributed by atoms with van der Waals surface area (Å²) < 4.78 is 6.47. The summed E-state index contributed by atoms with van der Waals surface area (Å²) in [4.78, 5) is 32.6. The van der Waals surface area contributed by atoms with Crippen molar-refractivity contribution in [2.75, 3.05) is 39.2 Å². The van der Waals surface area contributed by atoms with Crippen LogP contribution in [0.25, 0.3) is 10.2 Å². The lowest BCUT2D eigenvalue weighted by molar-refractivity contribution is -0.856. The molecule has 1 heterocycles. The van der Waals surface area contributed by atoms with Gasteiger partial charge in [0.25, 0.3) is 5.91 Å². The van der Waals surface area contributed by atoms with Crippen LogP contribution in [0.5, 0.6) is 5.75 Å². The fourth-order valence-corrected chi connectivity index (χ4v) is 4.08. The predicted molar refractivity (Wildman–Crippen MR) is 117 cm³/mol. The topological polar surface area (TPSA) is 63.9 Å². The van der Waals surface area contributed by atoms with Crippen molar-refractivity contribution >= 4 is 38.4 Å². The van der Waals surface area contributed by atoms with E-state index in [1.165, 1.54) is 23.2 Å². The summed E-state index contributed by atoms with van der Waals surface area (Å²) in [5.41, 5.74) is 2.99. The lowest BCUT2D eigenvalue weighted by Gasteiger charge is -2.20. The van der Waals surface area contributed by atoms with Gasteiger partial charge in [-0.05, 0) is 37.6 Å². The highest BCUT2D eigenvalue weighted by Crippen LogP contribution is 2.36. The summed E-state index contributed by atoms with van der Waals surface area (Å²) in [5, 5.41) is 0.648. The molecular weight excluding hydrogens is 386 g/mol. The summed E-state index contributed by atoms with van der Waals surface area (Å²) in [5.74, 6) is 0.548. The molecule has 0 aliphatic heterocycles. The van der Waals surface area contributed by atoms with Gasteiger partial charge in [-0.2, -0.15) is 0 Å². The number of thiazole rings is 1. The predicted octanol–water partition coefficient (Wildman–Crippen LogP) is 2.61. The Kier molecular flexibility index (Phi) is 6.30. The number of carbonyl (C=O) groups is 2. The van der Waals surface area contributed by atoms with Crippen LogP contribution >= 0.6 is 11.3 Å². The van der Waals surface area contributed by atoms with Gasteiger partial charge in [0.2, 0.25) is 0 Å². The minimum atomic E-state index is -0.128. The Balaban J connectivity index is 2.03. The number of amides is 1. The molecule has 0 bridgehead atoms. The second kappa shape index (κ2) is 8.71. The highest BCUT2D eigenvalue weighted by Gasteiger charge is 2.23. The van der Waals surface area contributed by atoms with Gasteiger partial charge in [0, 0.05) is 11.1 Å². The van der Waals surface area contributed by atoms with Gasteiger partial charge in [-0.3, -0.25) is 14.5 Å². The standard InChI is InChI=1S/C22H25N3O3S/c1-14-6-11-18(28-5)19-20(14)29-22(23-19)25(13-12-24(3)4)21(27)17-9-7-16(8-10-17)15(2)26/h6-11H,12-13H2,1-5H3/p+1. The first-order chi connectivity index (χ1) is 13.8. The molecule has 2 aromatic carbocycles. The van der Waals surface area contributed by atoms with Gasteiger partial charge in [0.1, 0.15) is 11.3 Å². The van der Waals surface area contributed by atoms with E-state index in [4.69, 9.17) is 9.72 Å². The summed E-state index contributed by atoms with van der Waals surface area (Å²) in [6, 6.07) is 10.7. The number of hydrogen-bond donors (Lipinski definition) is 1. The van der Waals surface area contributed by atoms with Crippen LogP contribution < -0.4 is 14.5 Å². The Bertz CT molecular complexity index is 1040. The van der Waals surface area contributed by atoms with Crippen molar-refractivity contribution in [3.8, 4) is 5.75 Å². The van der Waals surface area contributed by atoms with Crippen molar-refractivity contribution in [2.45, 2.75) is 13.8 Å². The first kappa shape index (κ1) is 21.0. The third-order valence-electron chi connectivity index (χ3n) is 4.76. The third-order valence-corrected chi connectivity index (χ3v) is 5.98. The Morgan fingerprint density at radius 3 is 2.34 bits per heavy atom. The number of nitrogens with one attached hydrogen (secondary N) is 1. The first-order valence-electron chi connectivity index (χ1n) is 9.48. The van der Waals surface area contributed by atoms with Crippen LogP contribution in [0.1, 0.15) is 33.2 Å². The van der Waals surface area contributed by atoms with Crippen molar-refractivity contribution in [3.63, 3.8) is 0 Å². The van der Waals surface area contributed by atoms with E-state index >= 15 is 0 Å². The summed E-state index contributed by atoms with van der Waals surface area (Å²) in [6.45, 7) is 4.86. The fraction of sp³-hybridized carbons (Fsp3) is 0.318. The molecule has 6 nitrogen and oxygen atoms in total. The maximum absolute atomic E-state index is 13.3. The molecule has 0 saturated carbocycles. The number of benzene rings is 2. The minimum absolute atomic E-state index is 0.0224. The lowest BCUT2D eigenvalue weighted by atomic mass is 10.1. The lowest BCUT2D eigenvalue weighted by Crippen LogP contribution is -3.06. The number of Topliss-reactive ketones (excluding diaryl/α,β-unsaturated/α-hetero) is 1. The number of likely N-dealkylation sites (N-methyl/N-ethyl adjacent to an activating group) is 1. The van der Waals surface area contributed by atoms with Crippen molar-refractivity contribution < 1.29 is 19.2 Å². The number of carbonyl (C=O) groups excluding carboxylic acids is 2. The highest BCUT2D eigenvalue weighted by atomic mass is 32.1. The van der Waals surface area contributed by atoms with Crippen molar-refractivity contribution in [3.05, 3.63) is 53.1 Å². The first-order valence-corrected chi connectivity index (χ1v) is 10.3. The Morgan fingerprint density at radius 2 is 1.76 bits per heavy atom. The van der Waals surface area contributed by atoms with Crippen molar-refractivity contribution in [1.29, 1.82) is 0 Å². The minimum Gasteiger partial charge on any atom is -0.494 e. The zero-order valence-corrected chi connectivity index (χ0v) is 18.2. The van der Waals surface area contributed by atoms with Gasteiger partial charge in [0.15, 0.2) is 10.9 Å². The third kappa shape index (κ3) is 4.46. The van der Waals surface area contributed by atoms with Crippen LogP contribution in [0.2, 0.25) is 0 Å². The molecule has 3 rings (SSSR count). The SMILES string of the molecule is COc1ccc(C)c2sc(N(CC[NH+](C)C)C(=O)c3ccc(C(C)=O)cc3)nc12. The number of nitrogens with zero attached hydrogens (tertiary/aromatic N) is 2. The molecule has 1 amide bonds. The second-order valence-electron chi connectivity index (χ2n) is 7.31. The zero-order chi connectivity index (χ0) is 21.1. The van der Waals surface area contributed by atoms with Crippen molar-refractivity contribution in [1.82, 2.24) is 4.98 Å².